The molecule has 0 radical (unpaired) electrons. The molecule has 3 rings (SSSR count). The number of piperazine rings is 1. The van der Waals surface area contributed by atoms with E-state index in [0.717, 1.165) is 19.6 Å². The van der Waals surface area contributed by atoms with E-state index in [0.29, 0.717) is 12.8 Å². The summed E-state index contributed by atoms with van der Waals surface area (Å²) in [6.07, 6.45) is 1.03. The van der Waals surface area contributed by atoms with Gasteiger partial charge in [-0.15, -0.1) is 0 Å². The van der Waals surface area contributed by atoms with Crippen molar-refractivity contribution in [2.24, 2.45) is 5.92 Å². The van der Waals surface area contributed by atoms with Crippen LogP contribution in [-0.2, 0) is 9.59 Å². The third-order valence-electron chi connectivity index (χ3n) is 5.54. The lowest BCUT2D eigenvalue weighted by Gasteiger charge is -2.42. The highest BCUT2D eigenvalue weighted by Gasteiger charge is 2.32. The molecule has 0 aliphatic carbocycles. The maximum atomic E-state index is 11.7. The van der Waals surface area contributed by atoms with Gasteiger partial charge in [0.05, 0.1) is 6.04 Å². The quantitative estimate of drug-likeness (QED) is 0.689. The Morgan fingerprint density at radius 3 is 2.14 bits per heavy atom. The summed E-state index contributed by atoms with van der Waals surface area (Å²) in [5, 5.41) is 12.8. The highest BCUT2D eigenvalue weighted by Crippen LogP contribution is 2.32. The molecule has 0 saturated carbocycles. The Morgan fingerprint density at radius 2 is 1.64 bits per heavy atom. The van der Waals surface area contributed by atoms with E-state index in [1.165, 1.54) is 18.1 Å². The second-order valence-corrected chi connectivity index (χ2v) is 7.40. The van der Waals surface area contributed by atoms with Crippen LogP contribution in [-0.4, -0.2) is 47.4 Å². The predicted molar refractivity (Wildman–Crippen MR) is 109 cm³/mol. The van der Waals surface area contributed by atoms with E-state index in [1.807, 2.05) is 12.1 Å². The van der Waals surface area contributed by atoms with Gasteiger partial charge in [0, 0.05) is 25.7 Å². The Morgan fingerprint density at radius 1 is 1.07 bits per heavy atom. The third kappa shape index (κ3) is 4.86. The zero-order chi connectivity index (χ0) is 19.9. The van der Waals surface area contributed by atoms with Gasteiger partial charge in [-0.2, -0.15) is 0 Å². The van der Waals surface area contributed by atoms with Crippen LogP contribution in [0.5, 0.6) is 0 Å². The number of hydrogen-bond acceptors (Lipinski definition) is 4. The average molecular weight is 380 g/mol. The first-order chi connectivity index (χ1) is 13.6. The lowest BCUT2D eigenvalue weighted by Crippen LogP contribution is -2.52. The van der Waals surface area contributed by atoms with Crippen molar-refractivity contribution >= 4 is 11.8 Å². The number of nitrogens with one attached hydrogen (secondary N) is 1. The smallest absolute Gasteiger partial charge is 0.314 e. The number of hydrogen-bond donors (Lipinski definition) is 2. The van der Waals surface area contributed by atoms with Crippen LogP contribution in [0.15, 0.2) is 60.7 Å². The molecule has 0 aromatic heterocycles. The van der Waals surface area contributed by atoms with E-state index >= 15 is 0 Å². The third-order valence-corrected chi connectivity index (χ3v) is 5.54. The molecule has 2 atom stereocenters. The van der Waals surface area contributed by atoms with E-state index in [9.17, 15) is 14.7 Å². The minimum absolute atomic E-state index is 0.107. The zero-order valence-electron chi connectivity index (χ0n) is 16.3. The van der Waals surface area contributed by atoms with Crippen molar-refractivity contribution in [3.05, 3.63) is 71.8 Å². The monoisotopic (exact) mass is 380 g/mol. The molecule has 1 fully saturated rings. The highest BCUT2D eigenvalue weighted by molar-refractivity contribution is 5.96. The van der Waals surface area contributed by atoms with Crippen LogP contribution in [0, 0.1) is 5.92 Å². The number of rotatable bonds is 8. The van der Waals surface area contributed by atoms with Gasteiger partial charge in [-0.1, -0.05) is 60.7 Å². The van der Waals surface area contributed by atoms with Gasteiger partial charge in [0.1, 0.15) is 11.7 Å². The number of carboxylic acids is 1. The molecule has 2 unspecified atom stereocenters. The van der Waals surface area contributed by atoms with Gasteiger partial charge in [-0.3, -0.25) is 14.5 Å². The lowest BCUT2D eigenvalue weighted by molar-refractivity contribution is -0.146. The van der Waals surface area contributed by atoms with Crippen molar-refractivity contribution in [3.63, 3.8) is 0 Å². The second kappa shape index (κ2) is 9.62. The van der Waals surface area contributed by atoms with E-state index in [2.05, 4.69) is 58.7 Å². The summed E-state index contributed by atoms with van der Waals surface area (Å²) >= 11 is 0. The molecule has 28 heavy (non-hydrogen) atoms. The lowest BCUT2D eigenvalue weighted by atomic mass is 9.91. The molecule has 0 bridgehead atoms. The molecule has 2 aromatic rings. The molecule has 1 saturated heterocycles. The first kappa shape index (κ1) is 20.2. The van der Waals surface area contributed by atoms with Gasteiger partial charge in [-0.25, -0.2) is 0 Å². The van der Waals surface area contributed by atoms with Crippen LogP contribution in [0.4, 0.5) is 0 Å². The Hall–Kier alpha value is -2.50. The Balaban J connectivity index is 1.87. The topological polar surface area (TPSA) is 69.6 Å². The minimum Gasteiger partial charge on any atom is -0.481 e. The van der Waals surface area contributed by atoms with Gasteiger partial charge < -0.3 is 10.4 Å². The van der Waals surface area contributed by atoms with E-state index < -0.39 is 11.9 Å². The largest absolute Gasteiger partial charge is 0.481 e. The molecular weight excluding hydrogens is 352 g/mol. The van der Waals surface area contributed by atoms with E-state index in [4.69, 9.17) is 0 Å². The van der Waals surface area contributed by atoms with Crippen LogP contribution in [0.1, 0.15) is 36.9 Å². The summed E-state index contributed by atoms with van der Waals surface area (Å²) in [5.74, 6) is -2.22. The molecular formula is C23H28N2O3. The first-order valence-corrected chi connectivity index (χ1v) is 9.87. The zero-order valence-corrected chi connectivity index (χ0v) is 16.3. The first-order valence-electron chi connectivity index (χ1n) is 9.87. The molecule has 5 nitrogen and oxygen atoms in total. The SMILES string of the molecule is CC(=O)C(CCC1CNCCN1C(c1ccccc1)c1ccccc1)C(=O)O. The second-order valence-electron chi connectivity index (χ2n) is 7.40. The van der Waals surface area contributed by atoms with E-state index in [-0.39, 0.29) is 17.9 Å². The van der Waals surface area contributed by atoms with Crippen molar-refractivity contribution in [1.29, 1.82) is 0 Å². The normalized spacial score (nSPS) is 18.7. The fourth-order valence-electron chi connectivity index (χ4n) is 4.09. The minimum atomic E-state index is -1.02. The summed E-state index contributed by atoms with van der Waals surface area (Å²) in [6, 6.07) is 21.1. The standard InChI is InChI=1S/C23H28N2O3/c1-17(26)21(23(27)28)13-12-20-16-24-14-15-25(20)22(18-8-4-2-5-9-18)19-10-6-3-7-11-19/h2-11,20-22,24H,12-16H2,1H3,(H,27,28). The molecule has 5 heteroatoms. The summed E-state index contributed by atoms with van der Waals surface area (Å²) in [6.45, 7) is 3.92. The van der Waals surface area contributed by atoms with Crippen molar-refractivity contribution in [1.82, 2.24) is 10.2 Å². The van der Waals surface area contributed by atoms with Crippen LogP contribution in [0.25, 0.3) is 0 Å². The van der Waals surface area contributed by atoms with Gasteiger partial charge in [0.25, 0.3) is 0 Å². The maximum Gasteiger partial charge on any atom is 0.314 e. The number of benzene rings is 2. The van der Waals surface area contributed by atoms with Crippen LogP contribution in [0.3, 0.4) is 0 Å². The molecule has 0 spiro atoms. The van der Waals surface area contributed by atoms with Crippen molar-refractivity contribution in [2.45, 2.75) is 31.8 Å². The molecule has 0 amide bonds. The number of carbonyl (C=O) groups is 2. The average Bonchev–Trinajstić information content (AvgIpc) is 2.70. The summed E-state index contributed by atoms with van der Waals surface area (Å²) < 4.78 is 0. The number of ketones is 1. The number of carbonyl (C=O) groups excluding carboxylic acids is 1. The Labute approximate surface area is 166 Å². The molecule has 1 aliphatic heterocycles. The number of carboxylic acid groups (broad SMARTS) is 1. The fourth-order valence-corrected chi connectivity index (χ4v) is 4.09. The van der Waals surface area contributed by atoms with Crippen LogP contribution in [0.2, 0.25) is 0 Å². The molecule has 1 heterocycles. The van der Waals surface area contributed by atoms with Gasteiger partial charge in [0.2, 0.25) is 0 Å². The predicted octanol–water partition coefficient (Wildman–Crippen LogP) is 3.12. The number of Topliss-reactive ketones (excluding diaryl/α,β-unsaturated/α-hetero) is 1. The summed E-state index contributed by atoms with van der Waals surface area (Å²) in [5.41, 5.74) is 2.45. The maximum absolute atomic E-state index is 11.7. The summed E-state index contributed by atoms with van der Waals surface area (Å²) in [4.78, 5) is 25.6. The highest BCUT2D eigenvalue weighted by atomic mass is 16.4. The fraction of sp³-hybridized carbons (Fsp3) is 0.391. The Kier molecular flexibility index (Phi) is 6.95. The van der Waals surface area contributed by atoms with Crippen molar-refractivity contribution in [2.75, 3.05) is 19.6 Å². The number of aliphatic carboxylic acids is 1. The molecule has 148 valence electrons. The van der Waals surface area contributed by atoms with Gasteiger partial charge in [0.15, 0.2) is 0 Å². The van der Waals surface area contributed by atoms with Crippen molar-refractivity contribution < 1.29 is 14.7 Å². The summed E-state index contributed by atoms with van der Waals surface area (Å²) in [7, 11) is 0. The molecule has 2 aromatic carbocycles. The van der Waals surface area contributed by atoms with E-state index in [1.54, 1.807) is 0 Å². The van der Waals surface area contributed by atoms with Gasteiger partial charge >= 0.3 is 5.97 Å². The van der Waals surface area contributed by atoms with Crippen LogP contribution < -0.4 is 5.32 Å². The molecule has 1 aliphatic rings. The number of nitrogens with zero attached hydrogens (tertiary/aromatic N) is 1. The van der Waals surface area contributed by atoms with Gasteiger partial charge in [-0.05, 0) is 30.9 Å². The molecule has 2 N–H and O–H groups in total. The van der Waals surface area contributed by atoms with Crippen molar-refractivity contribution in [3.8, 4) is 0 Å². The van der Waals surface area contributed by atoms with Crippen LogP contribution >= 0.6 is 0 Å². The Bertz CT molecular complexity index is 725.